The molecule has 120 valence electrons. The summed E-state index contributed by atoms with van der Waals surface area (Å²) in [5.74, 6) is 1.36. The lowest BCUT2D eigenvalue weighted by Crippen LogP contribution is -2.23. The van der Waals surface area contributed by atoms with Crippen molar-refractivity contribution in [3.8, 4) is 11.5 Å². The quantitative estimate of drug-likeness (QED) is 0.607. The van der Waals surface area contributed by atoms with E-state index in [1.54, 1.807) is 29.7 Å². The van der Waals surface area contributed by atoms with Gasteiger partial charge in [-0.1, -0.05) is 5.16 Å². The second-order valence-electron chi connectivity index (χ2n) is 5.10. The summed E-state index contributed by atoms with van der Waals surface area (Å²) in [4.78, 5) is 16.1. The molecule has 0 bridgehead atoms. The number of carbonyl (C=O) groups is 1. The second kappa shape index (κ2) is 5.61. The Balaban J connectivity index is 1.56. The third kappa shape index (κ3) is 2.51. The Hall–Kier alpha value is -3.49. The molecule has 24 heavy (non-hydrogen) atoms. The first-order chi connectivity index (χ1) is 11.7. The normalized spacial score (nSPS) is 11.0. The zero-order valence-corrected chi connectivity index (χ0v) is 12.6. The van der Waals surface area contributed by atoms with Gasteiger partial charge in [-0.3, -0.25) is 9.20 Å². The Morgan fingerprint density at radius 1 is 1.33 bits per heavy atom. The van der Waals surface area contributed by atoms with Crippen molar-refractivity contribution in [3.63, 3.8) is 0 Å². The van der Waals surface area contributed by atoms with Crippen LogP contribution in [-0.2, 0) is 6.54 Å². The van der Waals surface area contributed by atoms with Crippen LogP contribution in [-0.4, -0.2) is 30.6 Å². The molecule has 1 amide bonds. The Labute approximate surface area is 135 Å². The van der Waals surface area contributed by atoms with E-state index in [2.05, 4.69) is 25.7 Å². The molecular weight excluding hydrogens is 312 g/mol. The number of aryl methyl sites for hydroxylation is 1. The molecule has 0 fully saturated rings. The minimum atomic E-state index is -0.238. The molecule has 0 aliphatic carbocycles. The van der Waals surface area contributed by atoms with E-state index in [1.165, 1.54) is 12.5 Å². The summed E-state index contributed by atoms with van der Waals surface area (Å²) in [6, 6.07) is 5.21. The maximum atomic E-state index is 11.9. The molecule has 4 aromatic rings. The summed E-state index contributed by atoms with van der Waals surface area (Å²) >= 11 is 0. The molecule has 4 aromatic heterocycles. The molecule has 1 N–H and O–H groups in total. The molecule has 4 heterocycles. The van der Waals surface area contributed by atoms with Gasteiger partial charge in [-0.05, 0) is 25.1 Å². The summed E-state index contributed by atoms with van der Waals surface area (Å²) in [5, 5.41) is 14.7. The van der Waals surface area contributed by atoms with E-state index in [9.17, 15) is 4.79 Å². The van der Waals surface area contributed by atoms with Gasteiger partial charge in [0.25, 0.3) is 11.8 Å². The van der Waals surface area contributed by atoms with Crippen LogP contribution in [0.1, 0.15) is 22.0 Å². The highest BCUT2D eigenvalue weighted by molar-refractivity contribution is 5.93. The van der Waals surface area contributed by atoms with E-state index < -0.39 is 0 Å². The number of nitrogens with one attached hydrogen (secondary N) is 1. The Kier molecular flexibility index (Phi) is 3.30. The highest BCUT2D eigenvalue weighted by Gasteiger charge is 2.12. The molecular formula is C15H12N6O3. The number of hydrogen-bond acceptors (Lipinski definition) is 7. The van der Waals surface area contributed by atoms with Crippen molar-refractivity contribution < 1.29 is 13.7 Å². The van der Waals surface area contributed by atoms with Crippen LogP contribution in [0.3, 0.4) is 0 Å². The van der Waals surface area contributed by atoms with Crippen molar-refractivity contribution in [3.05, 3.63) is 54.1 Å². The topological polar surface area (TPSA) is 111 Å². The molecule has 0 radical (unpaired) electrons. The largest absolute Gasteiger partial charge is 0.472 e. The summed E-state index contributed by atoms with van der Waals surface area (Å²) in [5.41, 5.74) is 1.83. The van der Waals surface area contributed by atoms with Crippen molar-refractivity contribution in [2.75, 3.05) is 0 Å². The molecule has 0 aromatic carbocycles. The lowest BCUT2D eigenvalue weighted by Gasteiger charge is -2.02. The molecule has 0 unspecified atom stereocenters. The average Bonchev–Trinajstić information content (AvgIpc) is 3.33. The van der Waals surface area contributed by atoms with E-state index in [-0.39, 0.29) is 12.5 Å². The SMILES string of the molecule is Cc1noc(-c2ccn3c(CNC(=O)c4ccoc4)nnc3c2)n1. The van der Waals surface area contributed by atoms with Gasteiger partial charge >= 0.3 is 0 Å². The first-order valence-electron chi connectivity index (χ1n) is 7.15. The zero-order chi connectivity index (χ0) is 16.5. The van der Waals surface area contributed by atoms with Crippen LogP contribution in [0.5, 0.6) is 0 Å². The van der Waals surface area contributed by atoms with Gasteiger partial charge in [-0.2, -0.15) is 4.98 Å². The Morgan fingerprint density at radius 3 is 3.00 bits per heavy atom. The van der Waals surface area contributed by atoms with Crippen molar-refractivity contribution in [2.45, 2.75) is 13.5 Å². The van der Waals surface area contributed by atoms with E-state index in [4.69, 9.17) is 8.94 Å². The third-order valence-electron chi connectivity index (χ3n) is 3.45. The zero-order valence-electron chi connectivity index (χ0n) is 12.6. The summed E-state index contributed by atoms with van der Waals surface area (Å²) in [6.07, 6.45) is 4.63. The predicted octanol–water partition coefficient (Wildman–Crippen LogP) is 1.61. The fraction of sp³-hybridized carbons (Fsp3) is 0.133. The number of aromatic nitrogens is 5. The van der Waals surface area contributed by atoms with Crippen molar-refractivity contribution in [1.29, 1.82) is 0 Å². The highest BCUT2D eigenvalue weighted by Crippen LogP contribution is 2.18. The van der Waals surface area contributed by atoms with Gasteiger partial charge in [-0.25, -0.2) is 0 Å². The Bertz CT molecular complexity index is 1000. The van der Waals surface area contributed by atoms with Crippen LogP contribution in [0.2, 0.25) is 0 Å². The predicted molar refractivity (Wildman–Crippen MR) is 80.9 cm³/mol. The van der Waals surface area contributed by atoms with Crippen LogP contribution in [0.4, 0.5) is 0 Å². The first kappa shape index (κ1) is 14.1. The van der Waals surface area contributed by atoms with Crippen molar-refractivity contribution in [1.82, 2.24) is 30.1 Å². The number of carbonyl (C=O) groups excluding carboxylic acids is 1. The maximum Gasteiger partial charge on any atom is 0.258 e. The average molecular weight is 324 g/mol. The van der Waals surface area contributed by atoms with Crippen LogP contribution >= 0.6 is 0 Å². The van der Waals surface area contributed by atoms with Gasteiger partial charge in [0.2, 0.25) is 0 Å². The van der Waals surface area contributed by atoms with E-state index in [0.717, 1.165) is 5.56 Å². The number of pyridine rings is 1. The maximum absolute atomic E-state index is 11.9. The number of rotatable bonds is 4. The fourth-order valence-electron chi connectivity index (χ4n) is 2.26. The molecule has 9 nitrogen and oxygen atoms in total. The smallest absolute Gasteiger partial charge is 0.258 e. The fourth-order valence-corrected chi connectivity index (χ4v) is 2.26. The number of nitrogens with zero attached hydrogens (tertiary/aromatic N) is 5. The summed E-state index contributed by atoms with van der Waals surface area (Å²) < 4.78 is 11.8. The van der Waals surface area contributed by atoms with E-state index in [1.807, 2.05) is 6.07 Å². The van der Waals surface area contributed by atoms with Gasteiger partial charge in [-0.15, -0.1) is 10.2 Å². The highest BCUT2D eigenvalue weighted by atomic mass is 16.5. The van der Waals surface area contributed by atoms with Gasteiger partial charge < -0.3 is 14.3 Å². The summed E-state index contributed by atoms with van der Waals surface area (Å²) in [7, 11) is 0. The minimum absolute atomic E-state index is 0.238. The standard InChI is InChI=1S/C15H12N6O3/c1-9-17-15(24-20-9)10-2-4-21-12(6-10)18-19-13(21)7-16-14(22)11-3-5-23-8-11/h2-6,8H,7H2,1H3,(H,16,22). The molecule has 0 saturated heterocycles. The Morgan fingerprint density at radius 2 is 2.25 bits per heavy atom. The van der Waals surface area contributed by atoms with Gasteiger partial charge in [0.05, 0.1) is 18.4 Å². The van der Waals surface area contributed by atoms with E-state index >= 15 is 0 Å². The molecule has 0 atom stereocenters. The number of hydrogen-bond donors (Lipinski definition) is 1. The summed E-state index contributed by atoms with van der Waals surface area (Å²) in [6.45, 7) is 1.99. The monoisotopic (exact) mass is 324 g/mol. The molecule has 0 spiro atoms. The lowest BCUT2D eigenvalue weighted by molar-refractivity contribution is 0.0949. The van der Waals surface area contributed by atoms with Crippen LogP contribution < -0.4 is 5.32 Å². The van der Waals surface area contributed by atoms with Gasteiger partial charge in [0, 0.05) is 11.8 Å². The molecule has 9 heteroatoms. The molecule has 4 rings (SSSR count). The van der Waals surface area contributed by atoms with Crippen LogP contribution in [0, 0.1) is 6.92 Å². The first-order valence-corrected chi connectivity index (χ1v) is 7.15. The molecule has 0 saturated carbocycles. The van der Waals surface area contributed by atoms with Gasteiger partial charge in [0.1, 0.15) is 6.26 Å². The third-order valence-corrected chi connectivity index (χ3v) is 3.45. The van der Waals surface area contributed by atoms with Crippen molar-refractivity contribution >= 4 is 11.6 Å². The van der Waals surface area contributed by atoms with Crippen LogP contribution in [0.25, 0.3) is 17.1 Å². The molecule has 0 aliphatic heterocycles. The van der Waals surface area contributed by atoms with Crippen molar-refractivity contribution in [2.24, 2.45) is 0 Å². The van der Waals surface area contributed by atoms with Gasteiger partial charge in [0.15, 0.2) is 17.3 Å². The number of fused-ring (bicyclic) bond motifs is 1. The van der Waals surface area contributed by atoms with E-state index in [0.29, 0.717) is 28.8 Å². The number of furan rings is 1. The minimum Gasteiger partial charge on any atom is -0.472 e. The number of amides is 1. The second-order valence-corrected chi connectivity index (χ2v) is 5.10. The lowest BCUT2D eigenvalue weighted by atomic mass is 10.2. The van der Waals surface area contributed by atoms with Crippen LogP contribution in [0.15, 0.2) is 45.9 Å². The molecule has 0 aliphatic rings.